The van der Waals surface area contributed by atoms with Crippen molar-refractivity contribution in [2.24, 2.45) is 10.9 Å². The lowest BCUT2D eigenvalue weighted by molar-refractivity contribution is 0.241. The van der Waals surface area contributed by atoms with Gasteiger partial charge < -0.3 is 15.3 Å². The van der Waals surface area contributed by atoms with Crippen molar-refractivity contribution in [2.75, 3.05) is 26.7 Å². The molecule has 0 amide bonds. The van der Waals surface area contributed by atoms with Crippen molar-refractivity contribution in [3.8, 4) is 0 Å². The number of hydrogen-bond acceptors (Lipinski definition) is 2. The lowest BCUT2D eigenvalue weighted by atomic mass is 10.2. The number of rotatable bonds is 6. The first-order valence-corrected chi connectivity index (χ1v) is 7.70. The van der Waals surface area contributed by atoms with Crippen molar-refractivity contribution >= 4 is 45.9 Å². The second-order valence-corrected chi connectivity index (χ2v) is 5.88. The van der Waals surface area contributed by atoms with Crippen molar-refractivity contribution in [3.05, 3.63) is 34.3 Å². The largest absolute Gasteiger partial charge is 0.396 e. The minimum absolute atomic E-state index is 0. The number of guanidine groups is 1. The van der Waals surface area contributed by atoms with Crippen LogP contribution in [0, 0.1) is 5.92 Å². The minimum atomic E-state index is 0. The molecular formula is C15H25BrIN3O. The van der Waals surface area contributed by atoms with E-state index >= 15 is 0 Å². The molecule has 0 aliphatic rings. The van der Waals surface area contributed by atoms with Gasteiger partial charge in [-0.3, -0.25) is 4.99 Å². The molecule has 0 aliphatic heterocycles. The second-order valence-electron chi connectivity index (χ2n) is 4.96. The number of nitrogens with zero attached hydrogens (tertiary/aromatic N) is 2. The predicted molar refractivity (Wildman–Crippen MR) is 103 cm³/mol. The SMILES string of the molecule is CCNC(=NCC(C)CO)N(C)Cc1ccc(Br)cc1.I. The summed E-state index contributed by atoms with van der Waals surface area (Å²) in [5, 5.41) is 12.3. The maximum atomic E-state index is 9.07. The van der Waals surface area contributed by atoms with E-state index in [1.165, 1.54) is 5.56 Å². The van der Waals surface area contributed by atoms with Gasteiger partial charge in [0.2, 0.25) is 0 Å². The van der Waals surface area contributed by atoms with Crippen LogP contribution in [-0.4, -0.2) is 42.7 Å². The van der Waals surface area contributed by atoms with E-state index in [1.807, 2.05) is 26.1 Å². The Morgan fingerprint density at radius 1 is 1.38 bits per heavy atom. The minimum Gasteiger partial charge on any atom is -0.396 e. The molecule has 1 rings (SSSR count). The van der Waals surface area contributed by atoms with E-state index in [0.717, 1.165) is 23.5 Å². The second kappa shape index (κ2) is 11.3. The van der Waals surface area contributed by atoms with Crippen molar-refractivity contribution in [2.45, 2.75) is 20.4 Å². The third-order valence-electron chi connectivity index (χ3n) is 2.89. The van der Waals surface area contributed by atoms with Gasteiger partial charge in [0, 0.05) is 37.8 Å². The van der Waals surface area contributed by atoms with Crippen LogP contribution in [0.3, 0.4) is 0 Å². The number of aliphatic hydroxyl groups excluding tert-OH is 1. The highest BCUT2D eigenvalue weighted by Gasteiger charge is 2.07. The number of benzene rings is 1. The van der Waals surface area contributed by atoms with Crippen molar-refractivity contribution in [3.63, 3.8) is 0 Å². The monoisotopic (exact) mass is 469 g/mol. The summed E-state index contributed by atoms with van der Waals surface area (Å²) in [6.07, 6.45) is 0. The van der Waals surface area contributed by atoms with E-state index in [-0.39, 0.29) is 36.5 Å². The van der Waals surface area contributed by atoms with E-state index in [0.29, 0.717) is 6.54 Å². The molecule has 0 fully saturated rings. The Bertz CT molecular complexity index is 425. The van der Waals surface area contributed by atoms with Gasteiger partial charge in [-0.15, -0.1) is 24.0 Å². The molecule has 120 valence electrons. The van der Waals surface area contributed by atoms with Crippen LogP contribution in [0.5, 0.6) is 0 Å². The molecule has 0 aliphatic carbocycles. The fourth-order valence-corrected chi connectivity index (χ4v) is 1.97. The van der Waals surface area contributed by atoms with Gasteiger partial charge in [-0.25, -0.2) is 0 Å². The highest BCUT2D eigenvalue weighted by atomic mass is 127. The third-order valence-corrected chi connectivity index (χ3v) is 3.42. The van der Waals surface area contributed by atoms with Crippen LogP contribution in [0.25, 0.3) is 0 Å². The standard InChI is InChI=1S/C15H24BrN3O.HI/c1-4-17-15(18-9-12(2)11-20)19(3)10-13-5-7-14(16)8-6-13;/h5-8,12,20H,4,9-11H2,1-3H3,(H,17,18);1H. The van der Waals surface area contributed by atoms with Crippen molar-refractivity contribution < 1.29 is 5.11 Å². The molecule has 1 unspecified atom stereocenters. The first kappa shape index (κ1) is 20.7. The molecule has 4 nitrogen and oxygen atoms in total. The van der Waals surface area contributed by atoms with Gasteiger partial charge in [0.15, 0.2) is 5.96 Å². The van der Waals surface area contributed by atoms with Gasteiger partial charge in [-0.2, -0.15) is 0 Å². The number of halogens is 2. The van der Waals surface area contributed by atoms with Crippen molar-refractivity contribution in [1.82, 2.24) is 10.2 Å². The Morgan fingerprint density at radius 3 is 2.52 bits per heavy atom. The molecule has 1 aromatic rings. The van der Waals surface area contributed by atoms with Gasteiger partial charge in [-0.1, -0.05) is 35.0 Å². The summed E-state index contributed by atoms with van der Waals surface area (Å²) in [6.45, 7) is 6.47. The zero-order chi connectivity index (χ0) is 15.0. The number of aliphatic imine (C=N–C) groups is 1. The molecule has 0 radical (unpaired) electrons. The third kappa shape index (κ3) is 8.01. The average Bonchev–Trinajstić information content (AvgIpc) is 2.45. The molecule has 0 spiro atoms. The molecule has 6 heteroatoms. The number of aliphatic hydroxyl groups is 1. The number of nitrogens with one attached hydrogen (secondary N) is 1. The lowest BCUT2D eigenvalue weighted by Crippen LogP contribution is -2.38. The maximum absolute atomic E-state index is 9.07. The zero-order valence-electron chi connectivity index (χ0n) is 12.8. The van der Waals surface area contributed by atoms with Gasteiger partial charge in [0.05, 0.1) is 0 Å². The van der Waals surface area contributed by atoms with Crippen LogP contribution in [-0.2, 0) is 6.54 Å². The summed E-state index contributed by atoms with van der Waals surface area (Å²) in [7, 11) is 2.02. The maximum Gasteiger partial charge on any atom is 0.193 e. The summed E-state index contributed by atoms with van der Waals surface area (Å²) in [5.41, 5.74) is 1.23. The van der Waals surface area contributed by atoms with Crippen LogP contribution in [0.1, 0.15) is 19.4 Å². The topological polar surface area (TPSA) is 47.9 Å². The highest BCUT2D eigenvalue weighted by molar-refractivity contribution is 14.0. The Morgan fingerprint density at radius 2 is 2.00 bits per heavy atom. The molecule has 0 bridgehead atoms. The predicted octanol–water partition coefficient (Wildman–Crippen LogP) is 3.09. The Hall–Kier alpha value is -0.340. The van der Waals surface area contributed by atoms with Crippen LogP contribution < -0.4 is 5.32 Å². The summed E-state index contributed by atoms with van der Waals surface area (Å²) in [4.78, 5) is 6.65. The molecular weight excluding hydrogens is 445 g/mol. The summed E-state index contributed by atoms with van der Waals surface area (Å²) in [6, 6.07) is 8.28. The molecule has 0 saturated carbocycles. The lowest BCUT2D eigenvalue weighted by Gasteiger charge is -2.22. The van der Waals surface area contributed by atoms with Crippen LogP contribution in [0.15, 0.2) is 33.7 Å². The normalized spacial score (nSPS) is 12.5. The van der Waals surface area contributed by atoms with Gasteiger partial charge >= 0.3 is 0 Å². The quantitative estimate of drug-likeness (QED) is 0.382. The average molecular weight is 470 g/mol. The first-order valence-electron chi connectivity index (χ1n) is 6.91. The molecule has 0 aromatic heterocycles. The van der Waals surface area contributed by atoms with Gasteiger partial charge in [0.25, 0.3) is 0 Å². The van der Waals surface area contributed by atoms with E-state index < -0.39 is 0 Å². The molecule has 1 atom stereocenters. The van der Waals surface area contributed by atoms with Crippen molar-refractivity contribution in [1.29, 1.82) is 0 Å². The Balaban J connectivity index is 0.00000400. The van der Waals surface area contributed by atoms with Gasteiger partial charge in [0.1, 0.15) is 0 Å². The van der Waals surface area contributed by atoms with Gasteiger partial charge in [-0.05, 0) is 30.5 Å². The smallest absolute Gasteiger partial charge is 0.193 e. The molecule has 2 N–H and O–H groups in total. The van der Waals surface area contributed by atoms with Crippen LogP contribution in [0.4, 0.5) is 0 Å². The molecule has 1 aromatic carbocycles. The highest BCUT2D eigenvalue weighted by Crippen LogP contribution is 2.11. The zero-order valence-corrected chi connectivity index (χ0v) is 16.8. The first-order chi connectivity index (χ1) is 9.56. The van der Waals surface area contributed by atoms with E-state index in [4.69, 9.17) is 5.11 Å². The summed E-state index contributed by atoms with van der Waals surface area (Å²) >= 11 is 3.44. The van der Waals surface area contributed by atoms with Crippen LogP contribution >= 0.6 is 39.9 Å². The fourth-order valence-electron chi connectivity index (χ4n) is 1.71. The fraction of sp³-hybridized carbons (Fsp3) is 0.533. The molecule has 0 saturated heterocycles. The number of hydrogen-bond donors (Lipinski definition) is 2. The molecule has 21 heavy (non-hydrogen) atoms. The summed E-state index contributed by atoms with van der Waals surface area (Å²) in [5.74, 6) is 1.06. The van der Waals surface area contributed by atoms with E-state index in [1.54, 1.807) is 0 Å². The Labute approximate surface area is 153 Å². The van der Waals surface area contributed by atoms with Crippen LogP contribution in [0.2, 0.25) is 0 Å². The van der Waals surface area contributed by atoms with E-state index in [2.05, 4.69) is 50.2 Å². The summed E-state index contributed by atoms with van der Waals surface area (Å²) < 4.78 is 1.08. The Kier molecular flexibility index (Phi) is 11.1. The van der Waals surface area contributed by atoms with E-state index in [9.17, 15) is 0 Å². The molecule has 0 heterocycles.